The Labute approximate surface area is 186 Å². The number of amides is 1. The summed E-state index contributed by atoms with van der Waals surface area (Å²) in [6.45, 7) is 4.55. The third kappa shape index (κ3) is 4.48. The highest BCUT2D eigenvalue weighted by atomic mass is 32.2. The van der Waals surface area contributed by atoms with E-state index in [4.69, 9.17) is 17.0 Å². The zero-order valence-corrected chi connectivity index (χ0v) is 18.4. The number of para-hydroxylation sites is 1. The summed E-state index contributed by atoms with van der Waals surface area (Å²) in [5, 5.41) is 0. The van der Waals surface area contributed by atoms with Gasteiger partial charge in [-0.15, -0.1) is 0 Å². The number of rotatable bonds is 5. The van der Waals surface area contributed by atoms with Crippen LogP contribution in [0.5, 0.6) is 5.75 Å². The SMILES string of the molecule is Cc1ccc(COc2ccccc2/C=C2\SC(=S)N(c3ccc(C)cc3)C2=O)cc1. The van der Waals surface area contributed by atoms with Crippen molar-refractivity contribution in [1.82, 2.24) is 0 Å². The number of anilines is 1. The van der Waals surface area contributed by atoms with Gasteiger partial charge in [0.25, 0.3) is 5.91 Å². The van der Waals surface area contributed by atoms with Crippen LogP contribution in [0.3, 0.4) is 0 Å². The molecule has 3 nitrogen and oxygen atoms in total. The van der Waals surface area contributed by atoms with Crippen LogP contribution in [0, 0.1) is 13.8 Å². The molecule has 1 saturated heterocycles. The lowest BCUT2D eigenvalue weighted by Crippen LogP contribution is -2.27. The number of nitrogens with zero attached hydrogens (tertiary/aromatic N) is 1. The first kappa shape index (κ1) is 20.4. The molecule has 4 rings (SSSR count). The summed E-state index contributed by atoms with van der Waals surface area (Å²) in [7, 11) is 0. The average Bonchev–Trinajstić information content (AvgIpc) is 3.02. The lowest BCUT2D eigenvalue weighted by Gasteiger charge is -2.14. The van der Waals surface area contributed by atoms with Crippen molar-refractivity contribution in [3.8, 4) is 5.75 Å². The van der Waals surface area contributed by atoms with Crippen LogP contribution < -0.4 is 9.64 Å². The summed E-state index contributed by atoms with van der Waals surface area (Å²) in [4.78, 5) is 15.2. The number of benzene rings is 3. The molecule has 1 aliphatic heterocycles. The minimum atomic E-state index is -0.109. The minimum Gasteiger partial charge on any atom is -0.488 e. The fraction of sp³-hybridized carbons (Fsp3) is 0.120. The van der Waals surface area contributed by atoms with Gasteiger partial charge in [-0.3, -0.25) is 9.69 Å². The van der Waals surface area contributed by atoms with Gasteiger partial charge in [0.05, 0.1) is 10.6 Å². The van der Waals surface area contributed by atoms with E-state index in [1.807, 2.05) is 61.5 Å². The lowest BCUT2D eigenvalue weighted by molar-refractivity contribution is -0.113. The lowest BCUT2D eigenvalue weighted by atomic mass is 10.1. The van der Waals surface area contributed by atoms with Gasteiger partial charge in [-0.05, 0) is 43.7 Å². The molecule has 0 spiro atoms. The minimum absolute atomic E-state index is 0.109. The number of ether oxygens (including phenoxy) is 1. The molecule has 30 heavy (non-hydrogen) atoms. The van der Waals surface area contributed by atoms with Crippen molar-refractivity contribution in [2.24, 2.45) is 0 Å². The molecular weight excluding hydrogens is 410 g/mol. The van der Waals surface area contributed by atoms with E-state index in [1.165, 1.54) is 17.3 Å². The molecule has 0 atom stereocenters. The second-order valence-electron chi connectivity index (χ2n) is 7.16. The first-order valence-corrected chi connectivity index (χ1v) is 10.9. The molecule has 0 bridgehead atoms. The predicted octanol–water partition coefficient (Wildman–Crippen LogP) is 6.29. The van der Waals surface area contributed by atoms with Crippen LogP contribution >= 0.6 is 24.0 Å². The molecule has 1 amide bonds. The highest BCUT2D eigenvalue weighted by Gasteiger charge is 2.33. The summed E-state index contributed by atoms with van der Waals surface area (Å²) >= 11 is 6.79. The molecule has 1 fully saturated rings. The van der Waals surface area contributed by atoms with Gasteiger partial charge in [-0.25, -0.2) is 0 Å². The van der Waals surface area contributed by atoms with E-state index in [0.29, 0.717) is 15.8 Å². The number of thiocarbonyl (C=S) groups is 1. The molecule has 0 radical (unpaired) electrons. The fourth-order valence-electron chi connectivity index (χ4n) is 3.10. The van der Waals surface area contributed by atoms with E-state index in [2.05, 4.69) is 31.2 Å². The summed E-state index contributed by atoms with van der Waals surface area (Å²) in [5.41, 5.74) is 5.10. The van der Waals surface area contributed by atoms with Crippen molar-refractivity contribution >= 4 is 46.0 Å². The van der Waals surface area contributed by atoms with E-state index < -0.39 is 0 Å². The number of hydrogen-bond donors (Lipinski definition) is 0. The van der Waals surface area contributed by atoms with Crippen molar-refractivity contribution < 1.29 is 9.53 Å². The van der Waals surface area contributed by atoms with Crippen LogP contribution in [-0.2, 0) is 11.4 Å². The van der Waals surface area contributed by atoms with E-state index in [9.17, 15) is 4.79 Å². The molecule has 0 aliphatic carbocycles. The Kier molecular flexibility index (Phi) is 6.02. The topological polar surface area (TPSA) is 29.5 Å². The first-order chi connectivity index (χ1) is 14.5. The highest BCUT2D eigenvalue weighted by molar-refractivity contribution is 8.27. The maximum Gasteiger partial charge on any atom is 0.270 e. The molecule has 3 aromatic carbocycles. The van der Waals surface area contributed by atoms with Gasteiger partial charge in [0.2, 0.25) is 0 Å². The molecular formula is C25H21NO2S2. The maximum atomic E-state index is 13.0. The number of carbonyl (C=O) groups is 1. The smallest absolute Gasteiger partial charge is 0.270 e. The summed E-state index contributed by atoms with van der Waals surface area (Å²) in [5.74, 6) is 0.626. The van der Waals surface area contributed by atoms with Crippen LogP contribution in [0.2, 0.25) is 0 Å². The predicted molar refractivity (Wildman–Crippen MR) is 129 cm³/mol. The van der Waals surface area contributed by atoms with E-state index in [-0.39, 0.29) is 5.91 Å². The quantitative estimate of drug-likeness (QED) is 0.351. The van der Waals surface area contributed by atoms with Gasteiger partial charge in [0.1, 0.15) is 12.4 Å². The molecule has 0 aromatic heterocycles. The van der Waals surface area contributed by atoms with Crippen LogP contribution in [0.25, 0.3) is 6.08 Å². The van der Waals surface area contributed by atoms with E-state index in [0.717, 1.165) is 28.1 Å². The van der Waals surface area contributed by atoms with Gasteiger partial charge in [-0.1, -0.05) is 89.7 Å². The van der Waals surface area contributed by atoms with Crippen LogP contribution in [0.15, 0.2) is 77.7 Å². The van der Waals surface area contributed by atoms with Crippen LogP contribution in [-0.4, -0.2) is 10.2 Å². The second kappa shape index (κ2) is 8.86. The molecule has 3 aromatic rings. The molecule has 1 aliphatic rings. The van der Waals surface area contributed by atoms with Crippen molar-refractivity contribution in [1.29, 1.82) is 0 Å². The number of aryl methyl sites for hydroxylation is 2. The van der Waals surface area contributed by atoms with Gasteiger partial charge in [0.15, 0.2) is 4.32 Å². The van der Waals surface area contributed by atoms with Crippen LogP contribution in [0.4, 0.5) is 5.69 Å². The Bertz CT molecular complexity index is 1120. The zero-order valence-electron chi connectivity index (χ0n) is 16.8. The average molecular weight is 432 g/mol. The van der Waals surface area contributed by atoms with Crippen LogP contribution in [0.1, 0.15) is 22.3 Å². The van der Waals surface area contributed by atoms with Gasteiger partial charge in [0, 0.05) is 5.56 Å². The first-order valence-electron chi connectivity index (χ1n) is 9.63. The molecule has 150 valence electrons. The molecule has 0 N–H and O–H groups in total. The highest BCUT2D eigenvalue weighted by Crippen LogP contribution is 2.37. The Morgan fingerprint density at radius 3 is 2.27 bits per heavy atom. The zero-order chi connectivity index (χ0) is 21.1. The van der Waals surface area contributed by atoms with E-state index >= 15 is 0 Å². The third-order valence-electron chi connectivity index (χ3n) is 4.81. The molecule has 5 heteroatoms. The van der Waals surface area contributed by atoms with Crippen molar-refractivity contribution in [2.45, 2.75) is 20.5 Å². The second-order valence-corrected chi connectivity index (χ2v) is 8.84. The van der Waals surface area contributed by atoms with Crippen molar-refractivity contribution in [3.63, 3.8) is 0 Å². The van der Waals surface area contributed by atoms with E-state index in [1.54, 1.807) is 4.90 Å². The Hall–Kier alpha value is -2.89. The molecule has 0 saturated carbocycles. The third-order valence-corrected chi connectivity index (χ3v) is 6.11. The largest absolute Gasteiger partial charge is 0.488 e. The molecule has 0 unspecified atom stereocenters. The number of carbonyl (C=O) groups excluding carboxylic acids is 1. The fourth-order valence-corrected chi connectivity index (χ4v) is 4.39. The maximum absolute atomic E-state index is 13.0. The normalized spacial score (nSPS) is 15.1. The van der Waals surface area contributed by atoms with Gasteiger partial charge < -0.3 is 4.74 Å². The standard InChI is InChI=1S/C25H21NO2S2/c1-17-7-11-19(12-8-17)16-28-22-6-4-3-5-20(22)15-23-24(27)26(25(29)30-23)21-13-9-18(2)10-14-21/h3-15H,16H2,1-2H3/b23-15-. The summed E-state index contributed by atoms with van der Waals surface area (Å²) in [6.07, 6.45) is 1.86. The number of hydrogen-bond acceptors (Lipinski definition) is 4. The number of thioether (sulfide) groups is 1. The summed E-state index contributed by atoms with van der Waals surface area (Å²) < 4.78 is 6.58. The Morgan fingerprint density at radius 1 is 0.933 bits per heavy atom. The molecule has 1 heterocycles. The van der Waals surface area contributed by atoms with Crippen molar-refractivity contribution in [3.05, 3.63) is 100.0 Å². The monoisotopic (exact) mass is 431 g/mol. The summed E-state index contributed by atoms with van der Waals surface area (Å²) in [6, 6.07) is 23.8. The Balaban J connectivity index is 1.56. The Morgan fingerprint density at radius 2 is 1.57 bits per heavy atom. The van der Waals surface area contributed by atoms with Gasteiger partial charge in [-0.2, -0.15) is 0 Å². The van der Waals surface area contributed by atoms with Gasteiger partial charge >= 0.3 is 0 Å². The van der Waals surface area contributed by atoms with Crippen molar-refractivity contribution in [2.75, 3.05) is 4.90 Å².